The van der Waals surface area contributed by atoms with Crippen LogP contribution in [0, 0.1) is 0 Å². The zero-order valence-corrected chi connectivity index (χ0v) is 18.5. The molecular weight excluding hydrogens is 495 g/mol. The number of amides is 1. The molecule has 0 unspecified atom stereocenters. The molecule has 0 saturated carbocycles. The summed E-state index contributed by atoms with van der Waals surface area (Å²) >= 11 is 0.818. The van der Waals surface area contributed by atoms with Crippen molar-refractivity contribution in [1.82, 2.24) is 10.5 Å². The van der Waals surface area contributed by atoms with Crippen LogP contribution in [-0.2, 0) is 25.8 Å². The molecule has 2 N–H and O–H groups in total. The number of thiophene rings is 1. The van der Waals surface area contributed by atoms with Crippen LogP contribution in [0.2, 0.25) is 0 Å². The van der Waals surface area contributed by atoms with E-state index >= 15 is 0 Å². The van der Waals surface area contributed by atoms with Crippen LogP contribution < -0.4 is 5.48 Å². The number of halogens is 5. The summed E-state index contributed by atoms with van der Waals surface area (Å²) in [4.78, 5) is 16.7. The van der Waals surface area contributed by atoms with Gasteiger partial charge in [-0.1, -0.05) is 6.07 Å². The van der Waals surface area contributed by atoms with E-state index in [0.717, 1.165) is 17.5 Å². The molecule has 2 aromatic rings. The lowest BCUT2D eigenvalue weighted by Crippen LogP contribution is -2.54. The van der Waals surface area contributed by atoms with Gasteiger partial charge in [0.1, 0.15) is 4.21 Å². The molecule has 7 nitrogen and oxygen atoms in total. The number of nitrogens with one attached hydrogen (secondary N) is 1. The van der Waals surface area contributed by atoms with Crippen LogP contribution in [0.5, 0.6) is 0 Å². The predicted molar refractivity (Wildman–Crippen MR) is 107 cm³/mol. The molecule has 0 aromatic carbocycles. The minimum Gasteiger partial charge on any atom is -0.381 e. The highest BCUT2D eigenvalue weighted by molar-refractivity contribution is 7.95. The number of pyridine rings is 1. The Balaban J connectivity index is 1.80. The third-order valence-corrected chi connectivity index (χ3v) is 9.49. The van der Waals surface area contributed by atoms with E-state index in [0.29, 0.717) is 4.88 Å². The SMILES string of the molecule is O=C(NO)C1(S(=O)(=O)c2ccc(-c3ccc(CCC(F)(F)C(F)(F)F)cn3)s2)CCOCC1. The zero-order valence-electron chi connectivity index (χ0n) is 16.9. The van der Waals surface area contributed by atoms with Gasteiger partial charge >= 0.3 is 12.1 Å². The standard InChI is InChI=1S/C19H19F5N2O5S2/c20-18(21,19(22,23)24)6-5-12-1-2-13(25-11-12)14-3-4-15(32-14)33(29,30)17(16(27)26-28)7-9-31-10-8-17/h1-4,11,28H,5-10H2,(H,26,27). The van der Waals surface area contributed by atoms with Gasteiger partial charge in [0.25, 0.3) is 5.91 Å². The third kappa shape index (κ3) is 4.88. The summed E-state index contributed by atoms with van der Waals surface area (Å²) in [5.74, 6) is -5.87. The fraction of sp³-hybridized carbons (Fsp3) is 0.474. The number of carbonyl (C=O) groups is 1. The van der Waals surface area contributed by atoms with Gasteiger partial charge in [-0.05, 0) is 43.0 Å². The Morgan fingerprint density at radius 2 is 1.82 bits per heavy atom. The van der Waals surface area contributed by atoms with E-state index in [-0.39, 0.29) is 41.5 Å². The Labute approximate surface area is 189 Å². The number of aryl methyl sites for hydroxylation is 1. The van der Waals surface area contributed by atoms with Gasteiger partial charge in [0, 0.05) is 25.8 Å². The quantitative estimate of drug-likeness (QED) is 0.331. The maximum absolute atomic E-state index is 13.3. The number of alkyl halides is 5. The van der Waals surface area contributed by atoms with E-state index in [9.17, 15) is 35.2 Å². The number of nitrogens with zero attached hydrogens (tertiary/aromatic N) is 1. The second-order valence-electron chi connectivity index (χ2n) is 7.42. The van der Waals surface area contributed by atoms with Crippen LogP contribution in [0.25, 0.3) is 10.6 Å². The Kier molecular flexibility index (Phi) is 7.13. The zero-order chi connectivity index (χ0) is 24.5. The normalized spacial score (nSPS) is 17.0. The Hall–Kier alpha value is -2.16. The lowest BCUT2D eigenvalue weighted by Gasteiger charge is -2.33. The maximum Gasteiger partial charge on any atom is 0.453 e. The molecule has 1 fully saturated rings. The van der Waals surface area contributed by atoms with E-state index in [2.05, 4.69) is 4.98 Å². The monoisotopic (exact) mass is 514 g/mol. The van der Waals surface area contributed by atoms with Crippen LogP contribution in [-0.4, -0.2) is 54.6 Å². The minimum atomic E-state index is -5.63. The Morgan fingerprint density at radius 1 is 1.15 bits per heavy atom. The first-order valence-electron chi connectivity index (χ1n) is 9.61. The van der Waals surface area contributed by atoms with Gasteiger partial charge in [-0.15, -0.1) is 11.3 Å². The van der Waals surface area contributed by atoms with Crippen LogP contribution in [0.1, 0.15) is 24.8 Å². The molecule has 2 aromatic heterocycles. The van der Waals surface area contributed by atoms with E-state index in [1.165, 1.54) is 29.7 Å². The molecule has 1 aliphatic rings. The topological polar surface area (TPSA) is 106 Å². The number of rotatable bonds is 7. The highest BCUT2D eigenvalue weighted by Crippen LogP contribution is 2.41. The number of hydrogen-bond donors (Lipinski definition) is 2. The second-order valence-corrected chi connectivity index (χ2v) is 11.0. The van der Waals surface area contributed by atoms with Gasteiger partial charge in [-0.25, -0.2) is 13.9 Å². The average Bonchev–Trinajstić information content (AvgIpc) is 3.28. The molecule has 182 valence electrons. The van der Waals surface area contributed by atoms with Crippen molar-refractivity contribution < 1.29 is 45.1 Å². The molecule has 33 heavy (non-hydrogen) atoms. The minimum absolute atomic E-state index is 0.0152. The van der Waals surface area contributed by atoms with Crippen LogP contribution in [0.4, 0.5) is 22.0 Å². The number of ether oxygens (including phenoxy) is 1. The first-order chi connectivity index (χ1) is 15.3. The van der Waals surface area contributed by atoms with E-state index in [1.807, 2.05) is 0 Å². The lowest BCUT2D eigenvalue weighted by atomic mass is 9.98. The number of carbonyl (C=O) groups excluding carboxylic acids is 1. The molecule has 0 atom stereocenters. The summed E-state index contributed by atoms with van der Waals surface area (Å²) in [5, 5.41) is 9.09. The van der Waals surface area contributed by atoms with Crippen LogP contribution >= 0.6 is 11.3 Å². The van der Waals surface area contributed by atoms with Gasteiger partial charge in [0.2, 0.25) is 9.84 Å². The van der Waals surface area contributed by atoms with Gasteiger partial charge in [0.15, 0.2) is 4.75 Å². The summed E-state index contributed by atoms with van der Waals surface area (Å²) in [6.45, 7) is 0.0303. The summed E-state index contributed by atoms with van der Waals surface area (Å²) in [5.41, 5.74) is 1.86. The van der Waals surface area contributed by atoms with Crippen LogP contribution in [0.3, 0.4) is 0 Å². The van der Waals surface area contributed by atoms with Crippen molar-refractivity contribution in [2.75, 3.05) is 13.2 Å². The van der Waals surface area contributed by atoms with Crippen molar-refractivity contribution in [3.63, 3.8) is 0 Å². The summed E-state index contributed by atoms with van der Waals surface area (Å²) in [7, 11) is -4.22. The number of aromatic nitrogens is 1. The molecule has 1 amide bonds. The van der Waals surface area contributed by atoms with Gasteiger partial charge in [-0.2, -0.15) is 22.0 Å². The van der Waals surface area contributed by atoms with Crippen molar-refractivity contribution >= 4 is 27.1 Å². The number of hydroxylamine groups is 1. The molecule has 0 bridgehead atoms. The fourth-order valence-corrected chi connectivity index (χ4v) is 6.90. The van der Waals surface area contributed by atoms with Crippen LogP contribution in [0.15, 0.2) is 34.7 Å². The van der Waals surface area contributed by atoms with Crippen molar-refractivity contribution in [2.45, 2.75) is 46.7 Å². The van der Waals surface area contributed by atoms with E-state index in [4.69, 9.17) is 9.94 Å². The first-order valence-corrected chi connectivity index (χ1v) is 11.9. The van der Waals surface area contributed by atoms with Crippen molar-refractivity contribution in [2.24, 2.45) is 0 Å². The van der Waals surface area contributed by atoms with Gasteiger partial charge in [-0.3, -0.25) is 15.0 Å². The molecule has 14 heteroatoms. The second kappa shape index (κ2) is 9.24. The third-order valence-electron chi connectivity index (χ3n) is 5.40. The Morgan fingerprint density at radius 3 is 2.36 bits per heavy atom. The van der Waals surface area contributed by atoms with E-state index in [1.54, 1.807) is 0 Å². The summed E-state index contributed by atoms with van der Waals surface area (Å²) < 4.78 is 92.7. The van der Waals surface area contributed by atoms with Gasteiger partial charge in [0.05, 0.1) is 10.6 Å². The highest BCUT2D eigenvalue weighted by atomic mass is 32.2. The summed E-state index contributed by atoms with van der Waals surface area (Å²) in [6, 6.07) is 5.45. The average molecular weight is 514 g/mol. The van der Waals surface area contributed by atoms with E-state index < -0.39 is 45.4 Å². The van der Waals surface area contributed by atoms with Crippen molar-refractivity contribution in [3.05, 3.63) is 36.0 Å². The lowest BCUT2D eigenvalue weighted by molar-refractivity contribution is -0.284. The highest BCUT2D eigenvalue weighted by Gasteiger charge is 2.56. The molecular formula is C19H19F5N2O5S2. The number of sulfone groups is 1. The molecule has 3 heterocycles. The fourth-order valence-electron chi connectivity index (χ4n) is 3.38. The molecule has 0 radical (unpaired) electrons. The van der Waals surface area contributed by atoms with Crippen molar-refractivity contribution in [3.8, 4) is 10.6 Å². The molecule has 0 aliphatic carbocycles. The van der Waals surface area contributed by atoms with Gasteiger partial charge < -0.3 is 4.74 Å². The molecule has 0 spiro atoms. The summed E-state index contributed by atoms with van der Waals surface area (Å²) in [6.07, 6.45) is -6.75. The largest absolute Gasteiger partial charge is 0.453 e. The molecule has 1 aliphatic heterocycles. The maximum atomic E-state index is 13.3. The first kappa shape index (κ1) is 25.5. The smallest absolute Gasteiger partial charge is 0.381 e. The number of hydrogen-bond acceptors (Lipinski definition) is 7. The molecule has 3 rings (SSSR count). The molecule has 1 saturated heterocycles. The Bertz CT molecular complexity index is 1090. The van der Waals surface area contributed by atoms with Crippen molar-refractivity contribution in [1.29, 1.82) is 0 Å². The predicted octanol–water partition coefficient (Wildman–Crippen LogP) is 3.77.